The van der Waals surface area contributed by atoms with Crippen LogP contribution in [0.2, 0.25) is 0 Å². The van der Waals surface area contributed by atoms with Crippen molar-refractivity contribution in [2.75, 3.05) is 13.1 Å². The predicted octanol–water partition coefficient (Wildman–Crippen LogP) is 3.02. The molecule has 29 heavy (non-hydrogen) atoms. The quantitative estimate of drug-likeness (QED) is 0.738. The van der Waals surface area contributed by atoms with E-state index in [1.54, 1.807) is 41.3 Å². The highest BCUT2D eigenvalue weighted by Crippen LogP contribution is 2.23. The van der Waals surface area contributed by atoms with Gasteiger partial charge in [0, 0.05) is 42.6 Å². The molecule has 0 spiro atoms. The molecule has 1 atom stereocenters. The van der Waals surface area contributed by atoms with Crippen LogP contribution in [0.25, 0.3) is 0 Å². The van der Waals surface area contributed by atoms with Gasteiger partial charge in [-0.3, -0.25) is 14.4 Å². The Morgan fingerprint density at radius 3 is 2.24 bits per heavy atom. The molecule has 2 N–H and O–H groups in total. The third kappa shape index (κ3) is 5.44. The highest BCUT2D eigenvalue weighted by Gasteiger charge is 2.28. The van der Waals surface area contributed by atoms with Crippen LogP contribution in [0.4, 0.5) is 0 Å². The molecule has 1 aliphatic heterocycles. The highest BCUT2D eigenvalue weighted by molar-refractivity contribution is 5.98. The van der Waals surface area contributed by atoms with Crippen LogP contribution in [0, 0.1) is 5.92 Å². The van der Waals surface area contributed by atoms with Gasteiger partial charge >= 0.3 is 0 Å². The van der Waals surface area contributed by atoms with Crippen LogP contribution in [0.15, 0.2) is 54.6 Å². The molecule has 1 unspecified atom stereocenters. The fourth-order valence-corrected chi connectivity index (χ4v) is 3.59. The zero-order valence-electron chi connectivity index (χ0n) is 16.5. The van der Waals surface area contributed by atoms with Crippen molar-refractivity contribution in [2.45, 2.75) is 32.2 Å². The molecule has 2 amide bonds. The van der Waals surface area contributed by atoms with Crippen molar-refractivity contribution < 1.29 is 19.5 Å². The van der Waals surface area contributed by atoms with Gasteiger partial charge in [0.25, 0.3) is 5.91 Å². The summed E-state index contributed by atoms with van der Waals surface area (Å²) in [6, 6.07) is 14.9. The van der Waals surface area contributed by atoms with Gasteiger partial charge in [0.05, 0.1) is 0 Å². The van der Waals surface area contributed by atoms with Crippen molar-refractivity contribution in [2.24, 2.45) is 5.92 Å². The molecule has 1 heterocycles. The summed E-state index contributed by atoms with van der Waals surface area (Å²) < 4.78 is 0. The minimum Gasteiger partial charge on any atom is -0.508 e. The summed E-state index contributed by atoms with van der Waals surface area (Å²) >= 11 is 0. The summed E-state index contributed by atoms with van der Waals surface area (Å²) in [7, 11) is 0. The van der Waals surface area contributed by atoms with E-state index in [1.165, 1.54) is 12.1 Å². The molecule has 6 heteroatoms. The standard InChI is InChI=1S/C23H26N2O4/c1-16(24-23(29)19-5-3-2-4-6-19)15-21(27)25-13-11-18(12-14-25)22(28)17-7-9-20(26)10-8-17/h2-10,16,18,26H,11-15H2,1H3,(H,24,29). The number of hydrogen-bond donors (Lipinski definition) is 2. The van der Waals surface area contributed by atoms with Gasteiger partial charge in [0.2, 0.25) is 5.91 Å². The zero-order chi connectivity index (χ0) is 20.8. The highest BCUT2D eigenvalue weighted by atomic mass is 16.3. The van der Waals surface area contributed by atoms with Crippen molar-refractivity contribution in [3.8, 4) is 5.75 Å². The van der Waals surface area contributed by atoms with E-state index in [1.807, 2.05) is 13.0 Å². The number of rotatable bonds is 6. The van der Waals surface area contributed by atoms with Crippen LogP contribution in [-0.2, 0) is 4.79 Å². The number of nitrogens with zero attached hydrogens (tertiary/aromatic N) is 1. The summed E-state index contributed by atoms with van der Waals surface area (Å²) in [5.74, 6) is -0.125. The Morgan fingerprint density at radius 1 is 1.00 bits per heavy atom. The van der Waals surface area contributed by atoms with E-state index in [0.29, 0.717) is 37.1 Å². The molecule has 0 bridgehead atoms. The van der Waals surface area contributed by atoms with Gasteiger partial charge in [-0.1, -0.05) is 18.2 Å². The summed E-state index contributed by atoms with van der Waals surface area (Å²) in [6.45, 7) is 2.89. The third-order valence-electron chi connectivity index (χ3n) is 5.26. The maximum Gasteiger partial charge on any atom is 0.251 e. The molecule has 0 aromatic heterocycles. The lowest BCUT2D eigenvalue weighted by molar-refractivity contribution is -0.132. The largest absolute Gasteiger partial charge is 0.508 e. The Hall–Kier alpha value is -3.15. The summed E-state index contributed by atoms with van der Waals surface area (Å²) in [6.07, 6.45) is 1.47. The van der Waals surface area contributed by atoms with Gasteiger partial charge in [0.1, 0.15) is 5.75 Å². The molecule has 0 aliphatic carbocycles. The lowest BCUT2D eigenvalue weighted by Gasteiger charge is -2.32. The van der Waals surface area contributed by atoms with E-state index in [2.05, 4.69) is 5.32 Å². The minimum absolute atomic E-state index is 0.0126. The van der Waals surface area contributed by atoms with E-state index in [9.17, 15) is 19.5 Å². The molecule has 1 aliphatic rings. The smallest absolute Gasteiger partial charge is 0.251 e. The lowest BCUT2D eigenvalue weighted by atomic mass is 9.88. The number of carbonyl (C=O) groups is 3. The summed E-state index contributed by atoms with van der Waals surface area (Å²) in [4.78, 5) is 39.1. The first-order valence-electron chi connectivity index (χ1n) is 9.91. The first-order valence-corrected chi connectivity index (χ1v) is 9.91. The lowest BCUT2D eigenvalue weighted by Crippen LogP contribution is -2.43. The molecule has 1 fully saturated rings. The number of benzene rings is 2. The fraction of sp³-hybridized carbons (Fsp3) is 0.348. The summed E-state index contributed by atoms with van der Waals surface area (Å²) in [5.41, 5.74) is 1.16. The van der Waals surface area contributed by atoms with E-state index in [-0.39, 0.29) is 41.7 Å². The number of amides is 2. The number of phenolic OH excluding ortho intramolecular Hbond substituents is 1. The molecule has 6 nitrogen and oxygen atoms in total. The van der Waals surface area contributed by atoms with E-state index in [4.69, 9.17) is 0 Å². The molecule has 2 aromatic carbocycles. The van der Waals surface area contributed by atoms with Crippen LogP contribution in [0.3, 0.4) is 0 Å². The second-order valence-corrected chi connectivity index (χ2v) is 7.51. The van der Waals surface area contributed by atoms with Gasteiger partial charge < -0.3 is 15.3 Å². The molecular weight excluding hydrogens is 368 g/mol. The monoisotopic (exact) mass is 394 g/mol. The number of carbonyl (C=O) groups excluding carboxylic acids is 3. The van der Waals surface area contributed by atoms with Crippen LogP contribution >= 0.6 is 0 Å². The van der Waals surface area contributed by atoms with Crippen molar-refractivity contribution in [3.63, 3.8) is 0 Å². The van der Waals surface area contributed by atoms with Crippen LogP contribution in [-0.4, -0.2) is 46.7 Å². The number of aromatic hydroxyl groups is 1. The third-order valence-corrected chi connectivity index (χ3v) is 5.26. The van der Waals surface area contributed by atoms with E-state index >= 15 is 0 Å². The predicted molar refractivity (Wildman–Crippen MR) is 110 cm³/mol. The molecule has 1 saturated heterocycles. The number of piperidine rings is 1. The van der Waals surface area contributed by atoms with Gasteiger partial charge in [-0.25, -0.2) is 0 Å². The number of hydrogen-bond acceptors (Lipinski definition) is 4. The van der Waals surface area contributed by atoms with Gasteiger partial charge in [-0.15, -0.1) is 0 Å². The minimum atomic E-state index is -0.272. The normalized spacial score (nSPS) is 15.6. The number of nitrogens with one attached hydrogen (secondary N) is 1. The van der Waals surface area contributed by atoms with Gasteiger partial charge in [-0.2, -0.15) is 0 Å². The molecule has 0 saturated carbocycles. The Balaban J connectivity index is 1.46. The first kappa shape index (κ1) is 20.6. The second kappa shape index (κ2) is 9.37. The average Bonchev–Trinajstić information content (AvgIpc) is 2.74. The molecule has 2 aromatic rings. The number of phenols is 1. The van der Waals surface area contributed by atoms with E-state index in [0.717, 1.165) is 0 Å². The maximum atomic E-state index is 12.6. The Labute approximate surface area is 170 Å². The van der Waals surface area contributed by atoms with Crippen molar-refractivity contribution in [3.05, 3.63) is 65.7 Å². The topological polar surface area (TPSA) is 86.7 Å². The van der Waals surface area contributed by atoms with Crippen LogP contribution in [0.5, 0.6) is 5.75 Å². The Kier molecular flexibility index (Phi) is 6.65. The Bertz CT molecular complexity index is 856. The zero-order valence-corrected chi connectivity index (χ0v) is 16.5. The van der Waals surface area contributed by atoms with Gasteiger partial charge in [0.15, 0.2) is 5.78 Å². The summed E-state index contributed by atoms with van der Waals surface area (Å²) in [5, 5.41) is 12.2. The van der Waals surface area contributed by atoms with Crippen LogP contribution < -0.4 is 5.32 Å². The van der Waals surface area contributed by atoms with Gasteiger partial charge in [-0.05, 0) is 56.2 Å². The van der Waals surface area contributed by atoms with Crippen molar-refractivity contribution in [1.82, 2.24) is 10.2 Å². The number of likely N-dealkylation sites (tertiary alicyclic amines) is 1. The SMILES string of the molecule is CC(CC(=O)N1CCC(C(=O)c2ccc(O)cc2)CC1)NC(=O)c1ccccc1. The maximum absolute atomic E-state index is 12.6. The van der Waals surface area contributed by atoms with Crippen molar-refractivity contribution in [1.29, 1.82) is 0 Å². The van der Waals surface area contributed by atoms with Crippen LogP contribution in [0.1, 0.15) is 46.9 Å². The average molecular weight is 394 g/mol. The second-order valence-electron chi connectivity index (χ2n) is 7.51. The fourth-order valence-electron chi connectivity index (χ4n) is 3.59. The molecule has 3 rings (SSSR count). The number of Topliss-reactive ketones (excluding diaryl/α,β-unsaturated/α-hetero) is 1. The first-order chi connectivity index (χ1) is 13.9. The Morgan fingerprint density at radius 2 is 1.62 bits per heavy atom. The number of ketones is 1. The molecular formula is C23H26N2O4. The van der Waals surface area contributed by atoms with Crippen molar-refractivity contribution >= 4 is 17.6 Å². The molecule has 152 valence electrons. The van der Waals surface area contributed by atoms with E-state index < -0.39 is 0 Å². The molecule has 0 radical (unpaired) electrons.